The number of rotatable bonds is 5. The maximum Gasteiger partial charge on any atom is 0.243 e. The molecule has 9 heteroatoms. The van der Waals surface area contributed by atoms with Crippen molar-refractivity contribution in [2.45, 2.75) is 19.4 Å². The van der Waals surface area contributed by atoms with E-state index in [1.807, 2.05) is 12.1 Å². The molecule has 0 spiro atoms. The summed E-state index contributed by atoms with van der Waals surface area (Å²) in [5.41, 5.74) is 3.28. The van der Waals surface area contributed by atoms with Crippen LogP contribution in [0.25, 0.3) is 0 Å². The first-order chi connectivity index (χ1) is 10.3. The third kappa shape index (κ3) is 3.31. The predicted molar refractivity (Wildman–Crippen MR) is 78.4 cm³/mol. The van der Waals surface area contributed by atoms with Gasteiger partial charge in [-0.2, -0.15) is 25.1 Å². The molecule has 3 rings (SSSR count). The van der Waals surface area contributed by atoms with Gasteiger partial charge in [0.1, 0.15) is 0 Å². The summed E-state index contributed by atoms with van der Waals surface area (Å²) >= 11 is 0. The van der Waals surface area contributed by atoms with Gasteiger partial charge in [-0.3, -0.25) is 5.43 Å². The summed E-state index contributed by atoms with van der Waals surface area (Å²) in [6, 6.07) is 3.71. The van der Waals surface area contributed by atoms with Crippen molar-refractivity contribution in [2.75, 3.05) is 28.7 Å². The van der Waals surface area contributed by atoms with Crippen LogP contribution in [0, 0.1) is 0 Å². The second kappa shape index (κ2) is 6.27. The Balaban J connectivity index is 1.75. The number of hydrogen-bond acceptors (Lipinski definition) is 9. The highest BCUT2D eigenvalue weighted by atomic mass is 15.4. The fourth-order valence-electron chi connectivity index (χ4n) is 2.16. The molecule has 0 amide bonds. The third-order valence-corrected chi connectivity index (χ3v) is 3.20. The van der Waals surface area contributed by atoms with Crippen LogP contribution in [0.5, 0.6) is 0 Å². The van der Waals surface area contributed by atoms with Crippen LogP contribution in [0.15, 0.2) is 18.3 Å². The molecule has 4 N–H and O–H groups in total. The summed E-state index contributed by atoms with van der Waals surface area (Å²) in [6.07, 6.45) is 3.94. The van der Waals surface area contributed by atoms with Gasteiger partial charge in [0.2, 0.25) is 17.8 Å². The van der Waals surface area contributed by atoms with Crippen LogP contribution in [0.1, 0.15) is 18.5 Å². The first kappa shape index (κ1) is 13.4. The molecule has 0 aromatic carbocycles. The van der Waals surface area contributed by atoms with Crippen molar-refractivity contribution in [2.24, 2.45) is 5.84 Å². The largest absolute Gasteiger partial charge is 0.348 e. The molecule has 21 heavy (non-hydrogen) atoms. The molecule has 9 nitrogen and oxygen atoms in total. The van der Waals surface area contributed by atoms with Crippen LogP contribution < -0.4 is 21.5 Å². The summed E-state index contributed by atoms with van der Waals surface area (Å²) in [6.45, 7) is 2.40. The first-order valence-electron chi connectivity index (χ1n) is 6.83. The summed E-state index contributed by atoms with van der Waals surface area (Å²) in [5, 5.41) is 10.9. The number of hydrogen-bond donors (Lipinski definition) is 3. The molecule has 1 fully saturated rings. The molecule has 0 saturated carbocycles. The second-order valence-corrected chi connectivity index (χ2v) is 4.69. The Morgan fingerprint density at radius 3 is 2.67 bits per heavy atom. The molecular weight excluding hydrogens is 270 g/mol. The number of hydrazine groups is 1. The SMILES string of the molecule is NNc1nc(NCc2cccnn2)nc(N2CCCC2)n1. The Kier molecular flexibility index (Phi) is 4.01. The Hall–Kier alpha value is -2.55. The maximum atomic E-state index is 5.42. The lowest BCUT2D eigenvalue weighted by atomic mass is 10.4. The average molecular weight is 287 g/mol. The van der Waals surface area contributed by atoms with Crippen LogP contribution in [0.2, 0.25) is 0 Å². The van der Waals surface area contributed by atoms with E-state index in [0.717, 1.165) is 31.6 Å². The van der Waals surface area contributed by atoms with Gasteiger partial charge in [0.25, 0.3) is 0 Å². The lowest BCUT2D eigenvalue weighted by Gasteiger charge is -2.16. The zero-order valence-corrected chi connectivity index (χ0v) is 11.5. The zero-order chi connectivity index (χ0) is 14.5. The first-order valence-corrected chi connectivity index (χ1v) is 6.83. The molecular formula is C12H17N9. The molecule has 3 heterocycles. The number of anilines is 3. The fourth-order valence-corrected chi connectivity index (χ4v) is 2.16. The van der Waals surface area contributed by atoms with Gasteiger partial charge < -0.3 is 10.2 Å². The molecule has 2 aromatic heterocycles. The predicted octanol–water partition coefficient (Wildman–Crippen LogP) is 0.159. The molecule has 0 atom stereocenters. The minimum Gasteiger partial charge on any atom is -0.348 e. The van der Waals surface area contributed by atoms with Crippen LogP contribution >= 0.6 is 0 Å². The summed E-state index contributed by atoms with van der Waals surface area (Å²) in [5.74, 6) is 6.86. The van der Waals surface area contributed by atoms with E-state index in [4.69, 9.17) is 5.84 Å². The van der Waals surface area contributed by atoms with Crippen LogP contribution in [0.3, 0.4) is 0 Å². The monoisotopic (exact) mass is 287 g/mol. The van der Waals surface area contributed by atoms with Gasteiger partial charge in [-0.15, -0.1) is 0 Å². The Bertz CT molecular complexity index is 583. The maximum absolute atomic E-state index is 5.42. The lowest BCUT2D eigenvalue weighted by molar-refractivity contribution is 0.867. The molecule has 0 bridgehead atoms. The number of nitrogens with zero attached hydrogens (tertiary/aromatic N) is 6. The summed E-state index contributed by atoms with van der Waals surface area (Å²) < 4.78 is 0. The smallest absolute Gasteiger partial charge is 0.243 e. The normalized spacial score (nSPS) is 14.2. The van der Waals surface area contributed by atoms with Crippen molar-refractivity contribution >= 4 is 17.8 Å². The number of nitrogen functional groups attached to an aromatic ring is 1. The Labute approximate surface area is 122 Å². The molecule has 1 aliphatic rings. The molecule has 0 radical (unpaired) electrons. The van der Waals surface area contributed by atoms with E-state index in [1.165, 1.54) is 0 Å². The number of nitrogens with one attached hydrogen (secondary N) is 2. The van der Waals surface area contributed by atoms with Crippen LogP contribution in [-0.4, -0.2) is 38.2 Å². The lowest BCUT2D eigenvalue weighted by Crippen LogP contribution is -2.23. The van der Waals surface area contributed by atoms with Crippen molar-refractivity contribution in [3.05, 3.63) is 24.0 Å². The van der Waals surface area contributed by atoms with E-state index < -0.39 is 0 Å². The molecule has 0 unspecified atom stereocenters. The van der Waals surface area contributed by atoms with Crippen molar-refractivity contribution in [1.29, 1.82) is 0 Å². The van der Waals surface area contributed by atoms with E-state index in [2.05, 4.69) is 40.8 Å². The standard InChI is InChI=1S/C12H17N9/c13-19-11-16-10(14-8-9-4-3-5-15-20-9)17-12(18-11)21-6-1-2-7-21/h3-5H,1-2,6-8,13H2,(H2,14,16,17,18,19). The van der Waals surface area contributed by atoms with E-state index >= 15 is 0 Å². The molecule has 110 valence electrons. The van der Waals surface area contributed by atoms with Gasteiger partial charge in [-0.25, -0.2) is 5.84 Å². The highest BCUT2D eigenvalue weighted by Crippen LogP contribution is 2.18. The van der Waals surface area contributed by atoms with Gasteiger partial charge in [0.15, 0.2) is 0 Å². The number of aromatic nitrogens is 5. The third-order valence-electron chi connectivity index (χ3n) is 3.20. The molecule has 1 saturated heterocycles. The number of nitrogens with two attached hydrogens (primary N) is 1. The quantitative estimate of drug-likeness (QED) is 0.522. The molecule has 2 aromatic rings. The minimum absolute atomic E-state index is 0.341. The van der Waals surface area contributed by atoms with E-state index in [-0.39, 0.29) is 0 Å². The van der Waals surface area contributed by atoms with Gasteiger partial charge in [0.05, 0.1) is 12.2 Å². The van der Waals surface area contributed by atoms with Gasteiger partial charge in [0, 0.05) is 19.3 Å². The van der Waals surface area contributed by atoms with Crippen molar-refractivity contribution in [1.82, 2.24) is 25.1 Å². The topological polar surface area (TPSA) is 118 Å². The van der Waals surface area contributed by atoms with Crippen LogP contribution in [0.4, 0.5) is 17.8 Å². The Morgan fingerprint density at radius 2 is 1.95 bits per heavy atom. The average Bonchev–Trinajstić information content (AvgIpc) is 3.08. The van der Waals surface area contributed by atoms with Crippen molar-refractivity contribution in [3.63, 3.8) is 0 Å². The van der Waals surface area contributed by atoms with E-state index in [0.29, 0.717) is 24.4 Å². The van der Waals surface area contributed by atoms with Crippen molar-refractivity contribution < 1.29 is 0 Å². The van der Waals surface area contributed by atoms with E-state index in [1.54, 1.807) is 6.20 Å². The molecule has 0 aliphatic carbocycles. The minimum atomic E-state index is 0.341. The highest BCUT2D eigenvalue weighted by Gasteiger charge is 2.17. The highest BCUT2D eigenvalue weighted by molar-refractivity contribution is 5.43. The second-order valence-electron chi connectivity index (χ2n) is 4.69. The Morgan fingerprint density at radius 1 is 1.14 bits per heavy atom. The van der Waals surface area contributed by atoms with Gasteiger partial charge >= 0.3 is 0 Å². The van der Waals surface area contributed by atoms with E-state index in [9.17, 15) is 0 Å². The zero-order valence-electron chi connectivity index (χ0n) is 11.5. The van der Waals surface area contributed by atoms with Gasteiger partial charge in [-0.1, -0.05) is 0 Å². The summed E-state index contributed by atoms with van der Waals surface area (Å²) in [7, 11) is 0. The molecule has 1 aliphatic heterocycles. The fraction of sp³-hybridized carbons (Fsp3) is 0.417. The summed E-state index contributed by atoms with van der Waals surface area (Å²) in [4.78, 5) is 15.0. The van der Waals surface area contributed by atoms with Crippen LogP contribution in [-0.2, 0) is 6.54 Å². The van der Waals surface area contributed by atoms with Gasteiger partial charge in [-0.05, 0) is 25.0 Å². The van der Waals surface area contributed by atoms with Crippen molar-refractivity contribution in [3.8, 4) is 0 Å².